The molecule has 1 aliphatic heterocycles. The van der Waals surface area contributed by atoms with E-state index in [1.807, 2.05) is 44.2 Å². The first-order valence-electron chi connectivity index (χ1n) is 18.9. The van der Waals surface area contributed by atoms with Gasteiger partial charge in [-0.15, -0.1) is 0 Å². The second-order valence-corrected chi connectivity index (χ2v) is 15.2. The summed E-state index contributed by atoms with van der Waals surface area (Å²) < 4.78 is 56.6. The highest BCUT2D eigenvalue weighted by molar-refractivity contribution is 6.33. The van der Waals surface area contributed by atoms with Gasteiger partial charge in [0.25, 0.3) is 0 Å². The van der Waals surface area contributed by atoms with Crippen LogP contribution in [-0.2, 0) is 46.0 Å². The van der Waals surface area contributed by atoms with E-state index >= 15 is 0 Å². The number of halogens is 4. The van der Waals surface area contributed by atoms with Crippen LogP contribution in [0.4, 0.5) is 19.0 Å². The van der Waals surface area contributed by atoms with Gasteiger partial charge in [0.15, 0.2) is 0 Å². The van der Waals surface area contributed by atoms with Crippen molar-refractivity contribution < 1.29 is 46.6 Å². The number of hydrogen-bond donors (Lipinski definition) is 2. The number of anilines is 1. The van der Waals surface area contributed by atoms with Crippen LogP contribution in [0.2, 0.25) is 5.02 Å². The number of pyridine rings is 1. The van der Waals surface area contributed by atoms with Crippen LogP contribution in [-0.4, -0.2) is 110 Å². The van der Waals surface area contributed by atoms with Crippen LogP contribution < -0.4 is 10.6 Å². The van der Waals surface area contributed by atoms with Gasteiger partial charge in [-0.05, 0) is 36.3 Å². The van der Waals surface area contributed by atoms with E-state index in [-0.39, 0.29) is 47.3 Å². The number of alkyl halides is 3. The number of likely N-dealkylation sites (N-methyl/N-ethyl adjacent to an activating group) is 1. The lowest BCUT2D eigenvalue weighted by atomic mass is 9.89. The summed E-state index contributed by atoms with van der Waals surface area (Å²) in [5, 5.41) is 5.49. The number of methoxy groups -OCH3 is 3. The second-order valence-electron chi connectivity index (χ2n) is 14.8. The molecule has 2 aromatic rings. The van der Waals surface area contributed by atoms with Gasteiger partial charge in [-0.3, -0.25) is 14.4 Å². The summed E-state index contributed by atoms with van der Waals surface area (Å²) in [5.41, 5.74) is -0.165. The van der Waals surface area contributed by atoms with Crippen molar-refractivity contribution in [1.29, 1.82) is 0 Å². The number of nitrogens with one attached hydrogen (secondary N) is 2. The molecule has 1 aliphatic rings. The van der Waals surface area contributed by atoms with Crippen LogP contribution in [0.25, 0.3) is 0 Å². The van der Waals surface area contributed by atoms with Crippen molar-refractivity contribution in [2.45, 2.75) is 109 Å². The SMILES string of the molecule is CC[C@H](C)[C@@H]([C@@H](CC(=O)N1CCC[C@H]1[C@H](OC)[C@@H](C)C(=O)N[C@@H](Cc1ccccc1)C(=O)OC)OC)N(C)C(=O)[C@@H](Nc1ncc(C(F)(F)F)cc1Cl)C(C)C. The summed E-state index contributed by atoms with van der Waals surface area (Å²) in [6, 6.07) is 7.13. The average Bonchev–Trinajstić information content (AvgIpc) is 3.65. The minimum absolute atomic E-state index is 0.0635. The molecule has 1 saturated heterocycles. The third-order valence-electron chi connectivity index (χ3n) is 10.7. The number of likely N-dealkylation sites (tertiary alicyclic amines) is 1. The van der Waals surface area contributed by atoms with E-state index in [0.717, 1.165) is 11.6 Å². The number of esters is 1. The van der Waals surface area contributed by atoms with Gasteiger partial charge < -0.3 is 34.6 Å². The smallest absolute Gasteiger partial charge is 0.417 e. The topological polar surface area (TPSA) is 139 Å². The number of nitrogens with zero attached hydrogens (tertiary/aromatic N) is 3. The van der Waals surface area contributed by atoms with Crippen LogP contribution >= 0.6 is 11.6 Å². The quantitative estimate of drug-likeness (QED) is 0.163. The highest BCUT2D eigenvalue weighted by Crippen LogP contribution is 2.34. The molecule has 312 valence electrons. The maximum Gasteiger partial charge on any atom is 0.417 e. The summed E-state index contributed by atoms with van der Waals surface area (Å²) in [5.74, 6) is -2.90. The summed E-state index contributed by atoms with van der Waals surface area (Å²) in [6.45, 7) is 9.62. The van der Waals surface area contributed by atoms with Gasteiger partial charge >= 0.3 is 12.1 Å². The Morgan fingerprint density at radius 1 is 1.05 bits per heavy atom. The monoisotopic (exact) mass is 811 g/mol. The molecule has 16 heteroatoms. The maximum atomic E-state index is 14.2. The highest BCUT2D eigenvalue weighted by Gasteiger charge is 2.43. The van der Waals surface area contributed by atoms with E-state index in [1.54, 1.807) is 32.7 Å². The third kappa shape index (κ3) is 11.8. The predicted molar refractivity (Wildman–Crippen MR) is 207 cm³/mol. The van der Waals surface area contributed by atoms with Gasteiger partial charge in [0.1, 0.15) is 17.9 Å². The molecule has 1 aromatic heterocycles. The van der Waals surface area contributed by atoms with Crippen molar-refractivity contribution in [3.8, 4) is 0 Å². The van der Waals surface area contributed by atoms with Crippen molar-refractivity contribution in [2.24, 2.45) is 17.8 Å². The fourth-order valence-electron chi connectivity index (χ4n) is 7.37. The number of hydrogen-bond acceptors (Lipinski definition) is 9. The number of rotatable bonds is 19. The van der Waals surface area contributed by atoms with Gasteiger partial charge in [0, 0.05) is 40.4 Å². The van der Waals surface area contributed by atoms with Crippen LogP contribution in [0.15, 0.2) is 42.6 Å². The molecule has 0 bridgehead atoms. The van der Waals surface area contributed by atoms with Crippen molar-refractivity contribution in [3.63, 3.8) is 0 Å². The normalized spacial score (nSPS) is 18.3. The van der Waals surface area contributed by atoms with Gasteiger partial charge in [0.2, 0.25) is 17.7 Å². The van der Waals surface area contributed by atoms with Gasteiger partial charge in [-0.1, -0.05) is 83.0 Å². The Bertz CT molecular complexity index is 1620. The second kappa shape index (κ2) is 21.0. The molecular formula is C40H57ClF3N5O7. The Morgan fingerprint density at radius 3 is 2.25 bits per heavy atom. The van der Waals surface area contributed by atoms with E-state index in [4.69, 9.17) is 25.8 Å². The molecule has 3 rings (SSSR count). The van der Waals surface area contributed by atoms with E-state index in [1.165, 1.54) is 26.2 Å². The van der Waals surface area contributed by atoms with Crippen molar-refractivity contribution >= 4 is 41.1 Å². The Labute approximate surface area is 333 Å². The van der Waals surface area contributed by atoms with Crippen LogP contribution in [0, 0.1) is 17.8 Å². The maximum absolute atomic E-state index is 14.2. The van der Waals surface area contributed by atoms with E-state index in [2.05, 4.69) is 15.6 Å². The summed E-state index contributed by atoms with van der Waals surface area (Å²) in [6.07, 6.45) is -3.36. The summed E-state index contributed by atoms with van der Waals surface area (Å²) >= 11 is 6.19. The first-order valence-corrected chi connectivity index (χ1v) is 19.3. The number of aromatic nitrogens is 1. The number of ether oxygens (including phenoxy) is 3. The van der Waals surface area contributed by atoms with E-state index < -0.39 is 65.9 Å². The third-order valence-corrected chi connectivity index (χ3v) is 11.0. The van der Waals surface area contributed by atoms with Gasteiger partial charge in [-0.25, -0.2) is 9.78 Å². The first kappa shape index (κ1) is 46.4. The molecule has 0 spiro atoms. The molecular weight excluding hydrogens is 755 g/mol. The molecule has 1 fully saturated rings. The van der Waals surface area contributed by atoms with Crippen molar-refractivity contribution in [3.05, 3.63) is 58.7 Å². The number of benzene rings is 1. The van der Waals surface area contributed by atoms with Crippen molar-refractivity contribution in [2.75, 3.05) is 40.2 Å². The van der Waals surface area contributed by atoms with Crippen molar-refractivity contribution in [1.82, 2.24) is 20.1 Å². The van der Waals surface area contributed by atoms with Gasteiger partial charge in [0.05, 0.1) is 54.3 Å². The zero-order chi connectivity index (χ0) is 41.9. The lowest BCUT2D eigenvalue weighted by molar-refractivity contribution is -0.148. The summed E-state index contributed by atoms with van der Waals surface area (Å²) in [7, 11) is 5.85. The van der Waals surface area contributed by atoms with Crippen LogP contribution in [0.3, 0.4) is 0 Å². The van der Waals surface area contributed by atoms with E-state index in [9.17, 15) is 32.3 Å². The molecule has 8 atom stereocenters. The molecule has 0 saturated carbocycles. The lowest BCUT2D eigenvalue weighted by Gasteiger charge is -2.41. The molecule has 12 nitrogen and oxygen atoms in total. The molecule has 2 heterocycles. The Hall–Kier alpha value is -3.95. The fraction of sp³-hybridized carbons (Fsp3) is 0.625. The Morgan fingerprint density at radius 2 is 1.71 bits per heavy atom. The predicted octanol–water partition coefficient (Wildman–Crippen LogP) is 6.01. The Kier molecular flexibility index (Phi) is 17.4. The minimum atomic E-state index is -4.64. The lowest BCUT2D eigenvalue weighted by Crippen LogP contribution is -2.56. The molecule has 0 aliphatic carbocycles. The van der Waals surface area contributed by atoms with E-state index in [0.29, 0.717) is 32.0 Å². The van der Waals surface area contributed by atoms with Gasteiger partial charge in [-0.2, -0.15) is 13.2 Å². The number of carbonyl (C=O) groups is 4. The highest BCUT2D eigenvalue weighted by atomic mass is 35.5. The minimum Gasteiger partial charge on any atom is -0.467 e. The standard InChI is InChI=1S/C40H57ClF3N5O7/c1-10-24(4)34(48(6)38(52)33(23(2)3)47-36-28(41)20-27(22-45-36)40(42,43)44)31(54-7)21-32(50)49-18-14-17-30(49)35(55-8)25(5)37(51)46-29(39(53)56-9)19-26-15-12-11-13-16-26/h11-13,15-16,20,22-25,29-31,33-35H,10,14,17-19,21H2,1-9H3,(H,45,47)(H,46,51)/t24-,25+,29-,30-,31+,33-,34-,35+/m0/s1. The molecule has 0 unspecified atom stereocenters. The molecule has 56 heavy (non-hydrogen) atoms. The summed E-state index contributed by atoms with van der Waals surface area (Å²) in [4.78, 5) is 61.8. The fourth-order valence-corrected chi connectivity index (χ4v) is 7.59. The zero-order valence-corrected chi connectivity index (χ0v) is 34.4. The number of carbonyl (C=O) groups excluding carboxylic acids is 4. The first-order chi connectivity index (χ1) is 26.4. The van der Waals surface area contributed by atoms with Crippen LogP contribution in [0.1, 0.15) is 71.4 Å². The molecule has 3 amide bonds. The molecule has 1 aromatic carbocycles. The Balaban J connectivity index is 1.80. The number of amides is 3. The molecule has 0 radical (unpaired) electrons. The zero-order valence-electron chi connectivity index (χ0n) is 33.7. The average molecular weight is 812 g/mol. The molecule has 2 N–H and O–H groups in total. The largest absolute Gasteiger partial charge is 0.467 e. The van der Waals surface area contributed by atoms with Crippen LogP contribution in [0.5, 0.6) is 0 Å².